The van der Waals surface area contributed by atoms with Crippen LogP contribution in [0.3, 0.4) is 0 Å². The van der Waals surface area contributed by atoms with E-state index in [4.69, 9.17) is 28.2 Å². The Balaban J connectivity index is 1.58. The molecular weight excluding hydrogens is 476 g/mol. The van der Waals surface area contributed by atoms with Crippen molar-refractivity contribution in [2.75, 3.05) is 5.32 Å². The van der Waals surface area contributed by atoms with Gasteiger partial charge in [-0.3, -0.25) is 4.79 Å². The summed E-state index contributed by atoms with van der Waals surface area (Å²) in [7, 11) is 0. The van der Waals surface area contributed by atoms with Crippen LogP contribution in [0.5, 0.6) is 0 Å². The summed E-state index contributed by atoms with van der Waals surface area (Å²) in [6.45, 7) is 1.70. The second-order valence-electron chi connectivity index (χ2n) is 7.58. The zero-order valence-electron chi connectivity index (χ0n) is 17.8. The van der Waals surface area contributed by atoms with Gasteiger partial charge in [-0.1, -0.05) is 23.2 Å². The molecule has 3 aromatic heterocycles. The molecule has 1 N–H and O–H groups in total. The largest absolute Gasteiger partial charge is 0.307 e. The van der Waals surface area contributed by atoms with E-state index in [1.807, 2.05) is 6.07 Å². The van der Waals surface area contributed by atoms with Crippen LogP contribution >= 0.6 is 23.2 Å². The molecule has 0 radical (unpaired) electrons. The number of benzene rings is 2. The topological polar surface area (TPSA) is 72.2 Å². The minimum Gasteiger partial charge on any atom is -0.307 e. The molecule has 0 bridgehead atoms. The van der Waals surface area contributed by atoms with Crippen LogP contribution in [0, 0.1) is 12.7 Å². The van der Waals surface area contributed by atoms with Crippen molar-refractivity contribution in [1.29, 1.82) is 0 Å². The van der Waals surface area contributed by atoms with Crippen molar-refractivity contribution < 1.29 is 9.18 Å². The summed E-state index contributed by atoms with van der Waals surface area (Å²) in [6, 6.07) is 16.6. The number of nitrogens with one attached hydrogen (secondary N) is 1. The summed E-state index contributed by atoms with van der Waals surface area (Å²) in [5.41, 5.74) is 4.29. The van der Waals surface area contributed by atoms with Crippen LogP contribution in [-0.2, 0) is 0 Å². The molecule has 0 saturated carbocycles. The van der Waals surface area contributed by atoms with E-state index in [-0.39, 0.29) is 16.7 Å². The number of anilines is 1. The SMILES string of the molecule is Cc1cc(-c2nc3cccnn3c2-c2ccnc(NC(=O)c3ccc(Cl)c(Cl)c3)c2)ccc1F. The minimum atomic E-state index is -0.381. The first-order valence-corrected chi connectivity index (χ1v) is 11.0. The molecule has 0 fully saturated rings. The van der Waals surface area contributed by atoms with Gasteiger partial charge in [0.1, 0.15) is 17.3 Å². The van der Waals surface area contributed by atoms with E-state index in [9.17, 15) is 9.18 Å². The Bertz CT molecular complexity index is 1570. The van der Waals surface area contributed by atoms with E-state index >= 15 is 0 Å². The highest BCUT2D eigenvalue weighted by molar-refractivity contribution is 6.42. The third-order valence-electron chi connectivity index (χ3n) is 5.28. The second kappa shape index (κ2) is 8.85. The third-order valence-corrected chi connectivity index (χ3v) is 6.02. The number of hydrogen-bond acceptors (Lipinski definition) is 4. The highest BCUT2D eigenvalue weighted by Gasteiger charge is 2.19. The Morgan fingerprint density at radius 2 is 1.82 bits per heavy atom. The van der Waals surface area contributed by atoms with Gasteiger partial charge in [-0.15, -0.1) is 0 Å². The van der Waals surface area contributed by atoms with Crippen LogP contribution < -0.4 is 5.32 Å². The van der Waals surface area contributed by atoms with Crippen molar-refractivity contribution in [2.45, 2.75) is 6.92 Å². The van der Waals surface area contributed by atoms with Crippen molar-refractivity contribution in [3.63, 3.8) is 0 Å². The van der Waals surface area contributed by atoms with Crippen LogP contribution in [0.15, 0.2) is 73.1 Å². The number of amides is 1. The van der Waals surface area contributed by atoms with Gasteiger partial charge in [0.05, 0.1) is 15.7 Å². The summed E-state index contributed by atoms with van der Waals surface area (Å²) in [4.78, 5) is 21.7. The maximum Gasteiger partial charge on any atom is 0.256 e. The standard InChI is InChI=1S/C25H16Cl2FN5O/c1-14-11-15(5-7-20(14)28)23-24(33-22(32-23)3-2-9-30-33)16-8-10-29-21(13-16)31-25(34)17-4-6-18(26)19(27)12-17/h2-13H,1H3,(H,29,31,34). The van der Waals surface area contributed by atoms with E-state index in [2.05, 4.69) is 15.4 Å². The van der Waals surface area contributed by atoms with E-state index in [0.29, 0.717) is 39.0 Å². The molecular formula is C25H16Cl2FN5O. The molecule has 5 rings (SSSR count). The van der Waals surface area contributed by atoms with Gasteiger partial charge in [-0.25, -0.2) is 18.9 Å². The van der Waals surface area contributed by atoms with Gasteiger partial charge >= 0.3 is 0 Å². The number of imidazole rings is 1. The molecule has 0 unspecified atom stereocenters. The van der Waals surface area contributed by atoms with Crippen LogP contribution in [0.4, 0.5) is 10.2 Å². The second-order valence-corrected chi connectivity index (χ2v) is 8.39. The lowest BCUT2D eigenvalue weighted by Gasteiger charge is -2.09. The summed E-state index contributed by atoms with van der Waals surface area (Å²) in [6.07, 6.45) is 3.24. The van der Waals surface area contributed by atoms with Crippen molar-refractivity contribution in [1.82, 2.24) is 19.6 Å². The fourth-order valence-electron chi connectivity index (χ4n) is 3.61. The highest BCUT2D eigenvalue weighted by Crippen LogP contribution is 2.33. The zero-order chi connectivity index (χ0) is 23.8. The molecule has 0 aliphatic carbocycles. The van der Waals surface area contributed by atoms with E-state index < -0.39 is 0 Å². The van der Waals surface area contributed by atoms with Crippen LogP contribution in [-0.4, -0.2) is 25.5 Å². The van der Waals surface area contributed by atoms with Gasteiger partial charge in [0.25, 0.3) is 5.91 Å². The Hall–Kier alpha value is -3.81. The Morgan fingerprint density at radius 1 is 0.971 bits per heavy atom. The molecule has 5 aromatic rings. The average molecular weight is 492 g/mol. The van der Waals surface area contributed by atoms with Crippen molar-refractivity contribution >= 4 is 40.6 Å². The average Bonchev–Trinajstić information content (AvgIpc) is 3.22. The zero-order valence-corrected chi connectivity index (χ0v) is 19.3. The quantitative estimate of drug-likeness (QED) is 0.312. The summed E-state index contributed by atoms with van der Waals surface area (Å²) < 4.78 is 15.6. The monoisotopic (exact) mass is 491 g/mol. The lowest BCUT2D eigenvalue weighted by atomic mass is 10.0. The first-order chi connectivity index (χ1) is 16.4. The Labute approximate surface area is 204 Å². The predicted molar refractivity (Wildman–Crippen MR) is 131 cm³/mol. The highest BCUT2D eigenvalue weighted by atomic mass is 35.5. The molecule has 6 nitrogen and oxygen atoms in total. The van der Waals surface area contributed by atoms with Gasteiger partial charge < -0.3 is 5.32 Å². The first kappa shape index (κ1) is 22.0. The third kappa shape index (κ3) is 4.11. The number of pyridine rings is 1. The van der Waals surface area contributed by atoms with Gasteiger partial charge in [0, 0.05) is 29.1 Å². The number of nitrogens with zero attached hydrogens (tertiary/aromatic N) is 4. The molecule has 0 aliphatic heterocycles. The number of carbonyl (C=O) groups excluding carboxylic acids is 1. The molecule has 0 saturated heterocycles. The number of hydrogen-bond donors (Lipinski definition) is 1. The normalized spacial score (nSPS) is 11.1. The molecule has 3 heterocycles. The summed E-state index contributed by atoms with van der Waals surface area (Å²) >= 11 is 12.0. The van der Waals surface area contributed by atoms with Crippen LogP contribution in [0.2, 0.25) is 10.0 Å². The minimum absolute atomic E-state index is 0.284. The van der Waals surface area contributed by atoms with Crippen LogP contribution in [0.1, 0.15) is 15.9 Å². The van der Waals surface area contributed by atoms with Gasteiger partial charge in [-0.2, -0.15) is 5.10 Å². The number of rotatable bonds is 4. The van der Waals surface area contributed by atoms with Gasteiger partial charge in [-0.05, 0) is 73.2 Å². The first-order valence-electron chi connectivity index (χ1n) is 10.2. The molecule has 168 valence electrons. The number of aryl methyl sites for hydroxylation is 1. The number of fused-ring (bicyclic) bond motifs is 1. The lowest BCUT2D eigenvalue weighted by molar-refractivity contribution is 0.102. The molecule has 2 aromatic carbocycles. The maximum absolute atomic E-state index is 13.9. The fourth-order valence-corrected chi connectivity index (χ4v) is 3.91. The number of halogens is 3. The molecule has 0 atom stereocenters. The van der Waals surface area contributed by atoms with Gasteiger partial charge in [0.2, 0.25) is 0 Å². The molecule has 0 aliphatic rings. The summed E-state index contributed by atoms with van der Waals surface area (Å²) in [5.74, 6) is -0.335. The predicted octanol–water partition coefficient (Wildman–Crippen LogP) is 6.46. The Kier molecular flexibility index (Phi) is 5.73. The Morgan fingerprint density at radius 3 is 2.62 bits per heavy atom. The van der Waals surface area contributed by atoms with E-state index in [1.165, 1.54) is 12.1 Å². The number of aromatic nitrogens is 4. The fraction of sp³-hybridized carbons (Fsp3) is 0.0400. The molecule has 34 heavy (non-hydrogen) atoms. The maximum atomic E-state index is 13.9. The lowest BCUT2D eigenvalue weighted by Crippen LogP contribution is -2.13. The van der Waals surface area contributed by atoms with E-state index in [1.54, 1.807) is 66.3 Å². The van der Waals surface area contributed by atoms with E-state index in [0.717, 1.165) is 11.1 Å². The molecule has 9 heteroatoms. The van der Waals surface area contributed by atoms with Gasteiger partial charge in [0.15, 0.2) is 5.65 Å². The van der Waals surface area contributed by atoms with Crippen molar-refractivity contribution in [3.8, 4) is 22.5 Å². The summed E-state index contributed by atoms with van der Waals surface area (Å²) in [5, 5.41) is 7.87. The molecule has 1 amide bonds. The molecule has 0 spiro atoms. The smallest absolute Gasteiger partial charge is 0.256 e. The number of carbonyl (C=O) groups is 1. The van der Waals surface area contributed by atoms with Crippen LogP contribution in [0.25, 0.3) is 28.2 Å². The van der Waals surface area contributed by atoms with Crippen molar-refractivity contribution in [2.24, 2.45) is 0 Å². The van der Waals surface area contributed by atoms with Crippen molar-refractivity contribution in [3.05, 3.63) is 100 Å².